The second kappa shape index (κ2) is 5.06. The van der Waals surface area contributed by atoms with E-state index in [1.54, 1.807) is 0 Å². The van der Waals surface area contributed by atoms with Gasteiger partial charge in [0.15, 0.2) is 0 Å². The summed E-state index contributed by atoms with van der Waals surface area (Å²) < 4.78 is 0. The van der Waals surface area contributed by atoms with Crippen molar-refractivity contribution in [1.29, 1.82) is 0 Å². The molecule has 0 bridgehead atoms. The lowest BCUT2D eigenvalue weighted by Crippen LogP contribution is -1.99. The molecule has 0 radical (unpaired) electrons. The Bertz CT molecular complexity index is 707. The van der Waals surface area contributed by atoms with Crippen LogP contribution in [0.15, 0.2) is 54.7 Å². The molecule has 0 aliphatic carbocycles. The summed E-state index contributed by atoms with van der Waals surface area (Å²) >= 11 is 0. The molecule has 0 aliphatic rings. The average molecular weight is 249 g/mol. The van der Waals surface area contributed by atoms with E-state index in [1.807, 2.05) is 36.5 Å². The third kappa shape index (κ3) is 2.40. The molecule has 3 aromatic rings. The monoisotopic (exact) mass is 249 g/mol. The van der Waals surface area contributed by atoms with Crippen molar-refractivity contribution >= 4 is 16.7 Å². The number of aromatic nitrogens is 2. The van der Waals surface area contributed by atoms with E-state index in [4.69, 9.17) is 0 Å². The van der Waals surface area contributed by atoms with Gasteiger partial charge in [0.25, 0.3) is 0 Å². The summed E-state index contributed by atoms with van der Waals surface area (Å²) in [6.07, 6.45) is 1.81. The smallest absolute Gasteiger partial charge is 0.126 e. The molecule has 3 rings (SSSR count). The van der Waals surface area contributed by atoms with Gasteiger partial charge in [-0.2, -0.15) is 0 Å². The molecule has 0 unspecified atom stereocenters. The largest absolute Gasteiger partial charge is 0.370 e. The molecule has 94 valence electrons. The molecule has 1 N–H and O–H groups in total. The predicted octanol–water partition coefficient (Wildman–Crippen LogP) is 3.73. The number of pyridine rings is 2. The normalized spacial score (nSPS) is 10.6. The minimum atomic E-state index is 0.873. The zero-order chi connectivity index (χ0) is 13.1. The summed E-state index contributed by atoms with van der Waals surface area (Å²) in [5.74, 6) is 0.909. The summed E-state index contributed by atoms with van der Waals surface area (Å²) in [4.78, 5) is 8.94. The molecular weight excluding hydrogens is 234 g/mol. The lowest BCUT2D eigenvalue weighted by molar-refractivity contribution is 1.16. The van der Waals surface area contributed by atoms with Crippen molar-refractivity contribution < 1.29 is 0 Å². The highest BCUT2D eigenvalue weighted by Gasteiger charge is 2.02. The minimum Gasteiger partial charge on any atom is -0.370 e. The maximum Gasteiger partial charge on any atom is 0.126 e. The van der Waals surface area contributed by atoms with Gasteiger partial charge >= 0.3 is 0 Å². The Kier molecular flexibility index (Phi) is 3.11. The van der Waals surface area contributed by atoms with Crippen LogP contribution in [0.5, 0.6) is 0 Å². The third-order valence-electron chi connectivity index (χ3n) is 3.01. The molecule has 0 atom stereocenters. The topological polar surface area (TPSA) is 37.8 Å². The third-order valence-corrected chi connectivity index (χ3v) is 3.01. The van der Waals surface area contributed by atoms with E-state index in [-0.39, 0.29) is 0 Å². The standard InChI is InChI=1S/C16H15N3/c1-2-17-16-7-3-6-15(19-16)13-8-9-14-12(11-13)5-4-10-18-14/h3-11H,2H2,1H3,(H,17,19). The fourth-order valence-electron chi connectivity index (χ4n) is 2.11. The van der Waals surface area contributed by atoms with Gasteiger partial charge < -0.3 is 5.32 Å². The first-order valence-electron chi connectivity index (χ1n) is 6.43. The van der Waals surface area contributed by atoms with Crippen LogP contribution in [0.25, 0.3) is 22.2 Å². The van der Waals surface area contributed by atoms with Gasteiger partial charge in [0.1, 0.15) is 5.82 Å². The lowest BCUT2D eigenvalue weighted by Gasteiger charge is -2.06. The Labute approximate surface area is 112 Å². The van der Waals surface area contributed by atoms with Crippen LogP contribution in [0.4, 0.5) is 5.82 Å². The Morgan fingerprint density at radius 2 is 2.00 bits per heavy atom. The molecular formula is C16H15N3. The maximum absolute atomic E-state index is 4.61. The lowest BCUT2D eigenvalue weighted by atomic mass is 10.1. The minimum absolute atomic E-state index is 0.873. The summed E-state index contributed by atoms with van der Waals surface area (Å²) in [5, 5.41) is 4.37. The molecule has 0 aliphatic heterocycles. The van der Waals surface area contributed by atoms with E-state index in [1.165, 1.54) is 0 Å². The molecule has 3 heteroatoms. The van der Waals surface area contributed by atoms with Crippen molar-refractivity contribution in [1.82, 2.24) is 9.97 Å². The van der Waals surface area contributed by atoms with Crippen LogP contribution in [0.1, 0.15) is 6.92 Å². The average Bonchev–Trinajstić information content (AvgIpc) is 2.47. The van der Waals surface area contributed by atoms with Crippen molar-refractivity contribution in [3.05, 3.63) is 54.7 Å². The van der Waals surface area contributed by atoms with Gasteiger partial charge in [0.05, 0.1) is 11.2 Å². The number of hydrogen-bond acceptors (Lipinski definition) is 3. The highest BCUT2D eigenvalue weighted by atomic mass is 15.0. The summed E-state index contributed by atoms with van der Waals surface area (Å²) in [6.45, 7) is 2.94. The molecule has 0 saturated carbocycles. The van der Waals surface area contributed by atoms with Crippen LogP contribution in [-0.4, -0.2) is 16.5 Å². The van der Waals surface area contributed by atoms with Crippen LogP contribution in [-0.2, 0) is 0 Å². The quantitative estimate of drug-likeness (QED) is 0.768. The van der Waals surface area contributed by atoms with Crippen molar-refractivity contribution in [2.75, 3.05) is 11.9 Å². The maximum atomic E-state index is 4.61. The van der Waals surface area contributed by atoms with E-state index in [0.29, 0.717) is 0 Å². The summed E-state index contributed by atoms with van der Waals surface area (Å²) in [7, 11) is 0. The summed E-state index contributed by atoms with van der Waals surface area (Å²) in [5.41, 5.74) is 3.10. The Morgan fingerprint density at radius 3 is 2.89 bits per heavy atom. The van der Waals surface area contributed by atoms with Gasteiger partial charge in [-0.05, 0) is 37.3 Å². The number of hydrogen-bond donors (Lipinski definition) is 1. The second-order valence-corrected chi connectivity index (χ2v) is 4.35. The van der Waals surface area contributed by atoms with E-state index < -0.39 is 0 Å². The number of rotatable bonds is 3. The van der Waals surface area contributed by atoms with E-state index in [9.17, 15) is 0 Å². The molecule has 0 fully saturated rings. The molecule has 0 amide bonds. The van der Waals surface area contributed by atoms with Crippen LogP contribution in [0.2, 0.25) is 0 Å². The predicted molar refractivity (Wildman–Crippen MR) is 79.1 cm³/mol. The molecule has 0 spiro atoms. The van der Waals surface area contributed by atoms with Gasteiger partial charge in [-0.3, -0.25) is 4.98 Å². The Hall–Kier alpha value is -2.42. The fourth-order valence-corrected chi connectivity index (χ4v) is 2.11. The number of fused-ring (bicyclic) bond motifs is 1. The first-order valence-corrected chi connectivity index (χ1v) is 6.43. The Balaban J connectivity index is 2.05. The van der Waals surface area contributed by atoms with Crippen molar-refractivity contribution in [2.45, 2.75) is 6.92 Å². The van der Waals surface area contributed by atoms with E-state index in [0.717, 1.165) is 34.5 Å². The summed E-state index contributed by atoms with van der Waals surface area (Å²) in [6, 6.07) is 16.3. The second-order valence-electron chi connectivity index (χ2n) is 4.35. The highest BCUT2D eigenvalue weighted by Crippen LogP contribution is 2.22. The van der Waals surface area contributed by atoms with Gasteiger partial charge in [0, 0.05) is 23.7 Å². The highest BCUT2D eigenvalue weighted by molar-refractivity contribution is 5.83. The number of anilines is 1. The van der Waals surface area contributed by atoms with Crippen LogP contribution in [0.3, 0.4) is 0 Å². The molecule has 1 aromatic carbocycles. The van der Waals surface area contributed by atoms with Crippen molar-refractivity contribution in [3.8, 4) is 11.3 Å². The fraction of sp³-hybridized carbons (Fsp3) is 0.125. The Morgan fingerprint density at radius 1 is 1.05 bits per heavy atom. The SMILES string of the molecule is CCNc1cccc(-c2ccc3ncccc3c2)n1. The van der Waals surface area contributed by atoms with Crippen molar-refractivity contribution in [3.63, 3.8) is 0 Å². The molecule has 19 heavy (non-hydrogen) atoms. The first-order chi connectivity index (χ1) is 9.36. The molecule has 0 saturated heterocycles. The van der Waals surface area contributed by atoms with Crippen LogP contribution in [0, 0.1) is 0 Å². The van der Waals surface area contributed by atoms with E-state index >= 15 is 0 Å². The van der Waals surface area contributed by atoms with Gasteiger partial charge in [-0.1, -0.05) is 18.2 Å². The van der Waals surface area contributed by atoms with Crippen LogP contribution >= 0.6 is 0 Å². The molecule has 2 aromatic heterocycles. The van der Waals surface area contributed by atoms with E-state index in [2.05, 4.69) is 40.4 Å². The number of benzene rings is 1. The van der Waals surface area contributed by atoms with Crippen LogP contribution < -0.4 is 5.32 Å². The zero-order valence-corrected chi connectivity index (χ0v) is 10.8. The van der Waals surface area contributed by atoms with Gasteiger partial charge in [-0.25, -0.2) is 4.98 Å². The number of nitrogens with zero attached hydrogens (tertiary/aromatic N) is 2. The molecule has 2 heterocycles. The van der Waals surface area contributed by atoms with Gasteiger partial charge in [-0.15, -0.1) is 0 Å². The molecule has 3 nitrogen and oxygen atoms in total. The zero-order valence-electron chi connectivity index (χ0n) is 10.8. The number of nitrogens with one attached hydrogen (secondary N) is 1. The van der Waals surface area contributed by atoms with Crippen molar-refractivity contribution in [2.24, 2.45) is 0 Å². The first kappa shape index (κ1) is 11.7. The van der Waals surface area contributed by atoms with Gasteiger partial charge in [0.2, 0.25) is 0 Å².